The predicted molar refractivity (Wildman–Crippen MR) is 101 cm³/mol. The van der Waals surface area contributed by atoms with Crippen molar-refractivity contribution in [1.82, 2.24) is 0 Å². The molecule has 0 spiro atoms. The molecule has 4 nitrogen and oxygen atoms in total. The summed E-state index contributed by atoms with van der Waals surface area (Å²) < 4.78 is 0. The van der Waals surface area contributed by atoms with Gasteiger partial charge >= 0.3 is 0 Å². The number of nitrogens with two attached hydrogens (primary N) is 1. The molecule has 8 heteroatoms. The summed E-state index contributed by atoms with van der Waals surface area (Å²) in [6.07, 6.45) is 0. The third-order valence-corrected chi connectivity index (χ3v) is 5.57. The van der Waals surface area contributed by atoms with E-state index in [1.165, 1.54) is 34.8 Å². The summed E-state index contributed by atoms with van der Waals surface area (Å²) in [5.41, 5.74) is 6.77. The molecule has 2 amide bonds. The molecule has 0 aliphatic carbocycles. The van der Waals surface area contributed by atoms with Crippen LogP contribution in [0.5, 0.6) is 0 Å². The maximum atomic E-state index is 12.4. The number of anilines is 1. The molecule has 0 saturated carbocycles. The van der Waals surface area contributed by atoms with Gasteiger partial charge in [0.15, 0.2) is 0 Å². The minimum Gasteiger partial charge on any atom is -0.365 e. The van der Waals surface area contributed by atoms with E-state index in [0.717, 1.165) is 4.88 Å². The number of halogens is 2. The zero-order chi connectivity index (χ0) is 17.3. The highest BCUT2D eigenvalue weighted by Gasteiger charge is 2.21. The molecule has 0 aliphatic heterocycles. The SMILES string of the molecule is NC(=O)c1c(-c2cccs2)csc1NC(=O)c1ccc(Cl)cc1Cl. The van der Waals surface area contributed by atoms with Crippen molar-refractivity contribution in [1.29, 1.82) is 0 Å². The highest BCUT2D eigenvalue weighted by atomic mass is 35.5. The fourth-order valence-corrected chi connectivity index (χ4v) is 4.43. The van der Waals surface area contributed by atoms with Crippen molar-refractivity contribution in [2.45, 2.75) is 0 Å². The highest BCUT2D eigenvalue weighted by Crippen LogP contribution is 2.37. The van der Waals surface area contributed by atoms with E-state index in [9.17, 15) is 9.59 Å². The number of primary amides is 1. The normalized spacial score (nSPS) is 10.6. The number of carbonyl (C=O) groups excluding carboxylic acids is 2. The van der Waals surface area contributed by atoms with Crippen LogP contribution in [0, 0.1) is 0 Å². The Morgan fingerprint density at radius 3 is 2.54 bits per heavy atom. The van der Waals surface area contributed by atoms with Crippen molar-refractivity contribution < 1.29 is 9.59 Å². The molecule has 3 rings (SSSR count). The number of benzene rings is 1. The molecule has 0 saturated heterocycles. The van der Waals surface area contributed by atoms with Gasteiger partial charge in [-0.25, -0.2) is 0 Å². The number of rotatable bonds is 4. The molecule has 0 radical (unpaired) electrons. The lowest BCUT2D eigenvalue weighted by molar-refractivity contribution is 0.100. The van der Waals surface area contributed by atoms with E-state index in [1.54, 1.807) is 11.4 Å². The van der Waals surface area contributed by atoms with Gasteiger partial charge in [-0.05, 0) is 29.6 Å². The van der Waals surface area contributed by atoms with Gasteiger partial charge in [-0.15, -0.1) is 22.7 Å². The molecule has 0 bridgehead atoms. The second-order valence-electron chi connectivity index (χ2n) is 4.77. The first-order valence-electron chi connectivity index (χ1n) is 6.69. The van der Waals surface area contributed by atoms with Crippen molar-refractivity contribution >= 4 is 62.7 Å². The molecule has 3 aromatic rings. The fourth-order valence-electron chi connectivity index (χ4n) is 2.15. The van der Waals surface area contributed by atoms with Crippen LogP contribution in [-0.4, -0.2) is 11.8 Å². The van der Waals surface area contributed by atoms with Crippen LogP contribution < -0.4 is 11.1 Å². The molecule has 2 aromatic heterocycles. The van der Waals surface area contributed by atoms with Gasteiger partial charge < -0.3 is 11.1 Å². The Labute approximate surface area is 155 Å². The number of carbonyl (C=O) groups is 2. The molecule has 2 heterocycles. The zero-order valence-electron chi connectivity index (χ0n) is 12.0. The van der Waals surface area contributed by atoms with Crippen molar-refractivity contribution in [2.75, 3.05) is 5.32 Å². The van der Waals surface area contributed by atoms with Gasteiger partial charge in [-0.3, -0.25) is 9.59 Å². The zero-order valence-corrected chi connectivity index (χ0v) is 15.2. The van der Waals surface area contributed by atoms with Crippen LogP contribution in [0.4, 0.5) is 5.00 Å². The van der Waals surface area contributed by atoms with Crippen molar-refractivity contribution in [3.63, 3.8) is 0 Å². The second-order valence-corrected chi connectivity index (χ2v) is 7.44. The van der Waals surface area contributed by atoms with E-state index in [2.05, 4.69) is 5.32 Å². The summed E-state index contributed by atoms with van der Waals surface area (Å²) in [6.45, 7) is 0. The van der Waals surface area contributed by atoms with Gasteiger partial charge in [0, 0.05) is 20.8 Å². The lowest BCUT2D eigenvalue weighted by Gasteiger charge is -2.07. The lowest BCUT2D eigenvalue weighted by atomic mass is 10.1. The maximum absolute atomic E-state index is 12.4. The Balaban J connectivity index is 1.95. The molecular weight excluding hydrogens is 387 g/mol. The average Bonchev–Trinajstić information content (AvgIpc) is 3.15. The van der Waals surface area contributed by atoms with Crippen LogP contribution in [0.3, 0.4) is 0 Å². The number of nitrogens with one attached hydrogen (secondary N) is 1. The maximum Gasteiger partial charge on any atom is 0.257 e. The van der Waals surface area contributed by atoms with E-state index < -0.39 is 11.8 Å². The Morgan fingerprint density at radius 2 is 1.92 bits per heavy atom. The standard InChI is InChI=1S/C16H10Cl2N2O2S2/c17-8-3-4-9(11(18)6-8)15(22)20-16-13(14(19)21)10(7-24-16)12-2-1-5-23-12/h1-7H,(H2,19,21)(H,20,22). The number of hydrogen-bond donors (Lipinski definition) is 2. The smallest absolute Gasteiger partial charge is 0.257 e. The van der Waals surface area contributed by atoms with Crippen molar-refractivity contribution in [3.8, 4) is 10.4 Å². The van der Waals surface area contributed by atoms with E-state index in [1.807, 2.05) is 17.5 Å². The van der Waals surface area contributed by atoms with Crippen LogP contribution in [0.2, 0.25) is 10.0 Å². The van der Waals surface area contributed by atoms with Gasteiger partial charge in [0.05, 0.1) is 16.1 Å². The molecule has 122 valence electrons. The summed E-state index contributed by atoms with van der Waals surface area (Å²) in [5.74, 6) is -1.03. The summed E-state index contributed by atoms with van der Waals surface area (Å²) >= 11 is 14.6. The topological polar surface area (TPSA) is 72.2 Å². The summed E-state index contributed by atoms with van der Waals surface area (Å²) in [4.78, 5) is 25.2. The van der Waals surface area contributed by atoms with E-state index in [0.29, 0.717) is 21.2 Å². The second kappa shape index (κ2) is 6.94. The molecule has 0 fully saturated rings. The Hall–Kier alpha value is -1.86. The average molecular weight is 397 g/mol. The third-order valence-electron chi connectivity index (χ3n) is 3.23. The van der Waals surface area contributed by atoms with Crippen LogP contribution in [0.15, 0.2) is 41.1 Å². The fraction of sp³-hybridized carbons (Fsp3) is 0. The largest absolute Gasteiger partial charge is 0.365 e. The highest BCUT2D eigenvalue weighted by molar-refractivity contribution is 7.17. The van der Waals surface area contributed by atoms with Crippen LogP contribution in [0.25, 0.3) is 10.4 Å². The van der Waals surface area contributed by atoms with Gasteiger partial charge in [-0.2, -0.15) is 0 Å². The Bertz CT molecular complexity index is 920. The van der Waals surface area contributed by atoms with E-state index in [4.69, 9.17) is 28.9 Å². The van der Waals surface area contributed by atoms with Crippen molar-refractivity contribution in [3.05, 3.63) is 62.3 Å². The van der Waals surface area contributed by atoms with Gasteiger partial charge in [0.25, 0.3) is 11.8 Å². The van der Waals surface area contributed by atoms with Crippen LogP contribution in [0.1, 0.15) is 20.7 Å². The van der Waals surface area contributed by atoms with E-state index >= 15 is 0 Å². The summed E-state index contributed by atoms with van der Waals surface area (Å²) in [6, 6.07) is 8.36. The Morgan fingerprint density at radius 1 is 1.12 bits per heavy atom. The Kier molecular flexibility index (Phi) is 4.91. The quantitative estimate of drug-likeness (QED) is 0.640. The minimum absolute atomic E-state index is 0.232. The molecule has 0 atom stereocenters. The number of hydrogen-bond acceptors (Lipinski definition) is 4. The molecule has 3 N–H and O–H groups in total. The molecule has 24 heavy (non-hydrogen) atoms. The minimum atomic E-state index is -0.600. The van der Waals surface area contributed by atoms with Crippen LogP contribution in [-0.2, 0) is 0 Å². The van der Waals surface area contributed by atoms with Crippen molar-refractivity contribution in [2.24, 2.45) is 5.73 Å². The van der Waals surface area contributed by atoms with E-state index in [-0.39, 0.29) is 10.6 Å². The number of amides is 2. The third kappa shape index (κ3) is 3.32. The van der Waals surface area contributed by atoms with Gasteiger partial charge in [0.2, 0.25) is 0 Å². The monoisotopic (exact) mass is 396 g/mol. The molecule has 0 aliphatic rings. The first-order chi connectivity index (χ1) is 11.5. The molecule has 0 unspecified atom stereocenters. The lowest BCUT2D eigenvalue weighted by Crippen LogP contribution is -2.17. The predicted octanol–water partition coefficient (Wildman–Crippen LogP) is 5.13. The number of thiophene rings is 2. The molecule has 1 aromatic carbocycles. The first kappa shape index (κ1) is 17.0. The van der Waals surface area contributed by atoms with Crippen LogP contribution >= 0.6 is 45.9 Å². The first-order valence-corrected chi connectivity index (χ1v) is 9.20. The summed E-state index contributed by atoms with van der Waals surface area (Å²) in [5, 5.41) is 7.47. The summed E-state index contributed by atoms with van der Waals surface area (Å²) in [7, 11) is 0. The van der Waals surface area contributed by atoms with Gasteiger partial charge in [0.1, 0.15) is 5.00 Å². The van der Waals surface area contributed by atoms with Gasteiger partial charge in [-0.1, -0.05) is 29.3 Å². The molecular formula is C16H10Cl2N2O2S2.